The smallest absolute Gasteiger partial charge is 0.0992 e. The van der Waals surface area contributed by atoms with Gasteiger partial charge in [0.1, 0.15) is 0 Å². The van der Waals surface area contributed by atoms with Crippen LogP contribution < -0.4 is 4.90 Å². The van der Waals surface area contributed by atoms with Gasteiger partial charge >= 0.3 is 0 Å². The van der Waals surface area contributed by atoms with Crippen molar-refractivity contribution >= 4 is 54.5 Å². The Morgan fingerprint density at radius 1 is 0.444 bits per heavy atom. The zero-order valence-corrected chi connectivity index (χ0v) is 34.4. The maximum absolute atomic E-state index is 10.2. The molecule has 2 nitrogen and oxygen atoms in total. The molecular formula is C61H38N2. The molecule has 10 aromatic carbocycles. The van der Waals surface area contributed by atoms with Crippen LogP contribution in [0.5, 0.6) is 0 Å². The molecule has 0 saturated heterocycles. The minimum atomic E-state index is -0.684. The third-order valence-electron chi connectivity index (χ3n) is 13.8. The summed E-state index contributed by atoms with van der Waals surface area (Å²) in [5, 5.41) is 20.1. The summed E-state index contributed by atoms with van der Waals surface area (Å²) in [6, 6.07) is 74.9. The van der Waals surface area contributed by atoms with E-state index in [-0.39, 0.29) is 0 Å². The van der Waals surface area contributed by atoms with Gasteiger partial charge in [-0.05, 0) is 147 Å². The van der Waals surface area contributed by atoms with Crippen molar-refractivity contribution in [3.8, 4) is 39.4 Å². The van der Waals surface area contributed by atoms with Crippen LogP contribution in [-0.4, -0.2) is 0 Å². The Labute approximate surface area is 366 Å². The number of hydrogen-bond donors (Lipinski definition) is 0. The van der Waals surface area contributed by atoms with Gasteiger partial charge in [-0.3, -0.25) is 0 Å². The van der Waals surface area contributed by atoms with Crippen LogP contribution in [0.4, 0.5) is 11.4 Å². The summed E-state index contributed by atoms with van der Waals surface area (Å²) in [5.41, 5.74) is 15.7. The molecule has 1 heterocycles. The van der Waals surface area contributed by atoms with Crippen molar-refractivity contribution in [3.05, 3.63) is 252 Å². The second kappa shape index (κ2) is 13.6. The van der Waals surface area contributed by atoms with E-state index in [1.165, 1.54) is 98.7 Å². The molecule has 0 atom stereocenters. The van der Waals surface area contributed by atoms with Crippen molar-refractivity contribution in [2.75, 3.05) is 4.90 Å². The van der Waals surface area contributed by atoms with E-state index in [0.717, 1.165) is 17.1 Å². The Hall–Kier alpha value is -8.25. The number of rotatable bonds is 3. The van der Waals surface area contributed by atoms with Gasteiger partial charge in [0.25, 0.3) is 0 Å². The normalized spacial score (nSPS) is 14.5. The molecule has 2 aliphatic carbocycles. The summed E-state index contributed by atoms with van der Waals surface area (Å²) in [6.45, 7) is 0. The number of benzene rings is 10. The Kier molecular flexibility index (Phi) is 7.68. The SMILES string of the molecule is N#CC1=CC=CCC(N2c3ccccc3C3(c4cc(-c5c6ccccc6cc6ccccc56)ccc4-c4ccc(-c5c6ccccc6cc6ccccc56)cc43)c3ccccc32)=C1. The predicted molar refractivity (Wildman–Crippen MR) is 262 cm³/mol. The van der Waals surface area contributed by atoms with Gasteiger partial charge in [-0.15, -0.1) is 0 Å². The van der Waals surface area contributed by atoms with E-state index in [9.17, 15) is 5.26 Å². The zero-order valence-electron chi connectivity index (χ0n) is 34.4. The molecule has 1 aliphatic heterocycles. The highest BCUT2D eigenvalue weighted by molar-refractivity contribution is 6.15. The molecule has 0 radical (unpaired) electrons. The Balaban J connectivity index is 1.16. The lowest BCUT2D eigenvalue weighted by Crippen LogP contribution is -2.37. The van der Waals surface area contributed by atoms with Crippen LogP contribution in [0, 0.1) is 11.3 Å². The quantitative estimate of drug-likeness (QED) is 0.167. The minimum Gasteiger partial charge on any atom is -0.313 e. The van der Waals surface area contributed by atoms with E-state index in [4.69, 9.17) is 0 Å². The van der Waals surface area contributed by atoms with E-state index in [2.05, 4.69) is 217 Å². The van der Waals surface area contributed by atoms with Crippen LogP contribution in [0.1, 0.15) is 28.7 Å². The second-order valence-corrected chi connectivity index (χ2v) is 17.0. The first-order valence-electron chi connectivity index (χ1n) is 21.8. The number of para-hydroxylation sites is 2. The van der Waals surface area contributed by atoms with Gasteiger partial charge in [0.15, 0.2) is 0 Å². The number of allylic oxidation sites excluding steroid dienone is 5. The lowest BCUT2D eigenvalue weighted by atomic mass is 9.64. The van der Waals surface area contributed by atoms with Crippen molar-refractivity contribution in [1.29, 1.82) is 5.26 Å². The fourth-order valence-corrected chi connectivity index (χ4v) is 11.3. The molecule has 292 valence electrons. The molecule has 1 spiro atoms. The third-order valence-corrected chi connectivity index (χ3v) is 13.8. The summed E-state index contributed by atoms with van der Waals surface area (Å²) in [7, 11) is 0. The van der Waals surface area contributed by atoms with Gasteiger partial charge in [0.2, 0.25) is 0 Å². The van der Waals surface area contributed by atoms with E-state index >= 15 is 0 Å². The molecule has 0 saturated carbocycles. The second-order valence-electron chi connectivity index (χ2n) is 17.0. The van der Waals surface area contributed by atoms with E-state index in [1.807, 2.05) is 12.2 Å². The molecule has 0 bridgehead atoms. The van der Waals surface area contributed by atoms with Crippen molar-refractivity contribution in [1.82, 2.24) is 0 Å². The highest BCUT2D eigenvalue weighted by Gasteiger charge is 2.52. The molecule has 3 aliphatic rings. The van der Waals surface area contributed by atoms with Gasteiger partial charge in [-0.25, -0.2) is 0 Å². The van der Waals surface area contributed by atoms with E-state index in [1.54, 1.807) is 0 Å². The standard InChI is InChI=1S/C61H38N2/c62-38-39-15-1-6-20-46(33-39)63-57-27-13-11-25-53(57)61(54-26-12-14-28-58(54)63)55-36-44(59-47-21-7-2-16-40(47)34-41-17-3-8-22-48(41)59)29-31-51(55)52-32-30-45(37-56(52)61)60-49-23-9-4-18-42(49)35-43-19-5-10-24-50(43)60/h1-19,21-37H,20H2. The third kappa shape index (κ3) is 5.05. The van der Waals surface area contributed by atoms with Crippen LogP contribution in [0.25, 0.3) is 76.5 Å². The van der Waals surface area contributed by atoms with E-state index < -0.39 is 5.41 Å². The largest absolute Gasteiger partial charge is 0.313 e. The number of nitriles is 1. The summed E-state index contributed by atoms with van der Waals surface area (Å²) in [6.07, 6.45) is 8.84. The first-order chi connectivity index (χ1) is 31.2. The summed E-state index contributed by atoms with van der Waals surface area (Å²) in [5.74, 6) is 0. The minimum absolute atomic E-state index is 0.643. The number of fused-ring (bicyclic) bond motifs is 13. The highest BCUT2D eigenvalue weighted by atomic mass is 15.2. The zero-order chi connectivity index (χ0) is 41.6. The Morgan fingerprint density at radius 3 is 1.33 bits per heavy atom. The van der Waals surface area contributed by atoms with Crippen LogP contribution in [-0.2, 0) is 5.41 Å². The number of nitrogens with zero attached hydrogens (tertiary/aromatic N) is 2. The first-order valence-corrected chi connectivity index (χ1v) is 21.8. The first kappa shape index (κ1) is 35.5. The number of anilines is 2. The summed E-state index contributed by atoms with van der Waals surface area (Å²) in [4.78, 5) is 2.42. The molecule has 0 aromatic heterocycles. The fourth-order valence-electron chi connectivity index (χ4n) is 11.3. The van der Waals surface area contributed by atoms with Gasteiger partial charge in [0, 0.05) is 12.1 Å². The van der Waals surface area contributed by atoms with Gasteiger partial charge in [-0.2, -0.15) is 5.26 Å². The molecule has 0 fully saturated rings. The maximum Gasteiger partial charge on any atom is 0.0992 e. The maximum atomic E-state index is 10.2. The molecule has 2 heteroatoms. The monoisotopic (exact) mass is 798 g/mol. The van der Waals surface area contributed by atoms with Gasteiger partial charge in [-0.1, -0.05) is 170 Å². The van der Waals surface area contributed by atoms with Crippen molar-refractivity contribution in [2.45, 2.75) is 11.8 Å². The average molecular weight is 799 g/mol. The Morgan fingerprint density at radius 2 is 0.873 bits per heavy atom. The highest BCUT2D eigenvalue weighted by Crippen LogP contribution is 2.64. The van der Waals surface area contributed by atoms with Crippen LogP contribution in [0.3, 0.4) is 0 Å². The van der Waals surface area contributed by atoms with Crippen molar-refractivity contribution < 1.29 is 0 Å². The topological polar surface area (TPSA) is 27.0 Å². The number of hydrogen-bond acceptors (Lipinski definition) is 2. The Bertz CT molecular complexity index is 3420. The average Bonchev–Trinajstić information content (AvgIpc) is 3.43. The van der Waals surface area contributed by atoms with Gasteiger partial charge in [0.05, 0.1) is 28.4 Å². The predicted octanol–water partition coefficient (Wildman–Crippen LogP) is 15.7. The fraction of sp³-hybridized carbons (Fsp3) is 0.0328. The van der Waals surface area contributed by atoms with Crippen LogP contribution >= 0.6 is 0 Å². The lowest BCUT2D eigenvalue weighted by Gasteiger charge is -2.45. The molecule has 0 N–H and O–H groups in total. The molecule has 13 rings (SSSR count). The molecule has 10 aromatic rings. The van der Waals surface area contributed by atoms with Crippen LogP contribution in [0.2, 0.25) is 0 Å². The van der Waals surface area contributed by atoms with E-state index in [0.29, 0.717) is 12.0 Å². The molecular weight excluding hydrogens is 761 g/mol. The summed E-state index contributed by atoms with van der Waals surface area (Å²) >= 11 is 0. The summed E-state index contributed by atoms with van der Waals surface area (Å²) < 4.78 is 0. The molecule has 0 unspecified atom stereocenters. The van der Waals surface area contributed by atoms with Crippen molar-refractivity contribution in [3.63, 3.8) is 0 Å². The lowest BCUT2D eigenvalue weighted by molar-refractivity contribution is 0.747. The molecule has 0 amide bonds. The van der Waals surface area contributed by atoms with Crippen LogP contribution in [0.15, 0.2) is 230 Å². The van der Waals surface area contributed by atoms with Gasteiger partial charge < -0.3 is 4.90 Å². The molecule has 63 heavy (non-hydrogen) atoms. The van der Waals surface area contributed by atoms with Crippen molar-refractivity contribution in [2.24, 2.45) is 0 Å².